The average molecular weight is 401 g/mol. The van der Waals surface area contributed by atoms with E-state index in [1.807, 2.05) is 5.38 Å². The fraction of sp³-hybridized carbons (Fsp3) is 0.350. The minimum atomic E-state index is -0.503. The van der Waals surface area contributed by atoms with Crippen molar-refractivity contribution in [2.24, 2.45) is 13.0 Å². The van der Waals surface area contributed by atoms with Crippen LogP contribution in [-0.2, 0) is 24.8 Å². The molecule has 1 N–H and O–H groups in total. The molecule has 2 aromatic heterocycles. The summed E-state index contributed by atoms with van der Waals surface area (Å²) in [7, 11) is 2.99. The van der Waals surface area contributed by atoms with Gasteiger partial charge in [-0.1, -0.05) is 19.9 Å². The summed E-state index contributed by atoms with van der Waals surface area (Å²) in [6.45, 7) is 3.97. The quantitative estimate of drug-likeness (QED) is 0.688. The van der Waals surface area contributed by atoms with Crippen molar-refractivity contribution in [3.8, 4) is 5.75 Å². The summed E-state index contributed by atoms with van der Waals surface area (Å²) in [5.41, 5.74) is 0.667. The first-order chi connectivity index (χ1) is 13.3. The van der Waals surface area contributed by atoms with Crippen LogP contribution in [0, 0.1) is 5.92 Å². The van der Waals surface area contributed by atoms with E-state index in [9.17, 15) is 14.4 Å². The second kappa shape index (κ2) is 8.02. The van der Waals surface area contributed by atoms with Gasteiger partial charge in [0.05, 0.1) is 12.5 Å². The number of ether oxygens (including phenoxy) is 1. The number of carbonyl (C=O) groups is 1. The van der Waals surface area contributed by atoms with Gasteiger partial charge in [-0.15, -0.1) is 11.3 Å². The lowest BCUT2D eigenvalue weighted by Gasteiger charge is -2.11. The molecule has 0 spiro atoms. The number of thiophene rings is 1. The third-order valence-corrected chi connectivity index (χ3v) is 5.46. The summed E-state index contributed by atoms with van der Waals surface area (Å²) in [6.07, 6.45) is 0.740. The maximum Gasteiger partial charge on any atom is 0.332 e. The van der Waals surface area contributed by atoms with Gasteiger partial charge in [-0.3, -0.25) is 18.7 Å². The smallest absolute Gasteiger partial charge is 0.332 e. The van der Waals surface area contributed by atoms with Crippen molar-refractivity contribution >= 4 is 33.1 Å². The van der Waals surface area contributed by atoms with Crippen molar-refractivity contribution in [1.82, 2.24) is 9.13 Å². The van der Waals surface area contributed by atoms with E-state index < -0.39 is 5.69 Å². The number of nitrogens with one attached hydrogen (secondary N) is 1. The Hall–Kier alpha value is -2.87. The minimum Gasteiger partial charge on any atom is -0.497 e. The third kappa shape index (κ3) is 3.87. The molecule has 3 aromatic rings. The molecule has 1 amide bonds. The first-order valence-corrected chi connectivity index (χ1v) is 9.83. The Morgan fingerprint density at radius 3 is 2.71 bits per heavy atom. The Morgan fingerprint density at radius 2 is 2.04 bits per heavy atom. The SMILES string of the molecule is COc1cccc(NC(=O)Cn2c(=O)n(C)c(=O)c3c(CC(C)C)csc32)c1. The minimum absolute atomic E-state index is 0.178. The monoisotopic (exact) mass is 401 g/mol. The standard InChI is InChI=1S/C20H23N3O4S/c1-12(2)8-13-11-28-19-17(13)18(25)22(3)20(26)23(19)10-16(24)21-14-6-5-7-15(9-14)27-4/h5-7,9,11-12H,8,10H2,1-4H3,(H,21,24). The molecule has 0 saturated carbocycles. The number of hydrogen-bond donors (Lipinski definition) is 1. The molecule has 0 bridgehead atoms. The molecule has 0 fully saturated rings. The summed E-state index contributed by atoms with van der Waals surface area (Å²) < 4.78 is 7.58. The van der Waals surface area contributed by atoms with Crippen LogP contribution < -0.4 is 21.3 Å². The molecule has 2 heterocycles. The van der Waals surface area contributed by atoms with E-state index in [-0.39, 0.29) is 18.0 Å². The number of carbonyl (C=O) groups excluding carboxylic acids is 1. The van der Waals surface area contributed by atoms with Crippen molar-refractivity contribution in [3.05, 3.63) is 56.0 Å². The van der Waals surface area contributed by atoms with Gasteiger partial charge in [0, 0.05) is 18.8 Å². The highest BCUT2D eigenvalue weighted by Crippen LogP contribution is 2.24. The molecular formula is C20H23N3O4S. The van der Waals surface area contributed by atoms with Crippen LogP contribution in [0.4, 0.5) is 5.69 Å². The number of fused-ring (bicyclic) bond motifs is 1. The van der Waals surface area contributed by atoms with Crippen LogP contribution in [0.25, 0.3) is 10.2 Å². The van der Waals surface area contributed by atoms with Gasteiger partial charge in [-0.25, -0.2) is 4.79 Å². The van der Waals surface area contributed by atoms with E-state index in [2.05, 4.69) is 19.2 Å². The highest BCUT2D eigenvalue weighted by Gasteiger charge is 2.18. The normalized spacial score (nSPS) is 11.2. The van der Waals surface area contributed by atoms with Gasteiger partial charge >= 0.3 is 5.69 Å². The summed E-state index contributed by atoms with van der Waals surface area (Å²) >= 11 is 1.32. The summed E-state index contributed by atoms with van der Waals surface area (Å²) in [6, 6.07) is 6.98. The molecule has 28 heavy (non-hydrogen) atoms. The van der Waals surface area contributed by atoms with Gasteiger partial charge in [0.15, 0.2) is 0 Å². The number of aromatic nitrogens is 2. The number of anilines is 1. The van der Waals surface area contributed by atoms with Crippen molar-refractivity contribution in [2.75, 3.05) is 12.4 Å². The molecule has 0 aliphatic rings. The van der Waals surface area contributed by atoms with Gasteiger partial charge in [-0.2, -0.15) is 0 Å². The van der Waals surface area contributed by atoms with Crippen LogP contribution >= 0.6 is 11.3 Å². The van der Waals surface area contributed by atoms with Crippen LogP contribution in [0.2, 0.25) is 0 Å². The largest absolute Gasteiger partial charge is 0.497 e. The van der Waals surface area contributed by atoms with Gasteiger partial charge in [0.1, 0.15) is 17.1 Å². The Bertz CT molecular complexity index is 1140. The molecule has 1 aromatic carbocycles. The van der Waals surface area contributed by atoms with E-state index >= 15 is 0 Å². The molecule has 8 heteroatoms. The second-order valence-electron chi connectivity index (χ2n) is 7.05. The number of benzene rings is 1. The molecule has 3 rings (SSSR count). The Balaban J connectivity index is 1.98. The Labute approximate surface area is 166 Å². The van der Waals surface area contributed by atoms with E-state index in [4.69, 9.17) is 4.74 Å². The Morgan fingerprint density at radius 1 is 1.29 bits per heavy atom. The lowest BCUT2D eigenvalue weighted by atomic mass is 10.0. The van der Waals surface area contributed by atoms with Gasteiger partial charge in [-0.05, 0) is 35.4 Å². The molecule has 0 aliphatic heterocycles. The number of nitrogens with zero attached hydrogens (tertiary/aromatic N) is 2. The maximum atomic E-state index is 12.7. The average Bonchev–Trinajstić information content (AvgIpc) is 3.06. The molecule has 0 unspecified atom stereocenters. The molecular weight excluding hydrogens is 378 g/mol. The molecule has 0 radical (unpaired) electrons. The van der Waals surface area contributed by atoms with E-state index in [1.54, 1.807) is 31.4 Å². The zero-order valence-corrected chi connectivity index (χ0v) is 17.1. The fourth-order valence-electron chi connectivity index (χ4n) is 3.11. The first kappa shape index (κ1) is 19.9. The van der Waals surface area contributed by atoms with Crippen molar-refractivity contribution in [1.29, 1.82) is 0 Å². The van der Waals surface area contributed by atoms with Crippen LogP contribution in [0.5, 0.6) is 5.75 Å². The number of rotatable bonds is 6. The molecule has 7 nitrogen and oxygen atoms in total. The van der Waals surface area contributed by atoms with E-state index in [0.29, 0.717) is 27.6 Å². The van der Waals surface area contributed by atoms with Crippen LogP contribution in [-0.4, -0.2) is 22.2 Å². The van der Waals surface area contributed by atoms with E-state index in [0.717, 1.165) is 16.6 Å². The number of amides is 1. The highest BCUT2D eigenvalue weighted by molar-refractivity contribution is 7.17. The molecule has 0 aliphatic carbocycles. The number of methoxy groups -OCH3 is 1. The lowest BCUT2D eigenvalue weighted by Crippen LogP contribution is -2.39. The molecule has 0 atom stereocenters. The predicted molar refractivity (Wildman–Crippen MR) is 111 cm³/mol. The molecule has 0 saturated heterocycles. The maximum absolute atomic E-state index is 12.7. The Kier molecular flexibility index (Phi) is 5.69. The van der Waals surface area contributed by atoms with Crippen LogP contribution in [0.3, 0.4) is 0 Å². The van der Waals surface area contributed by atoms with E-state index in [1.165, 1.54) is 23.0 Å². The van der Waals surface area contributed by atoms with Crippen molar-refractivity contribution in [2.45, 2.75) is 26.8 Å². The topological polar surface area (TPSA) is 82.3 Å². The lowest BCUT2D eigenvalue weighted by molar-refractivity contribution is -0.116. The van der Waals surface area contributed by atoms with Gasteiger partial charge in [0.25, 0.3) is 5.56 Å². The second-order valence-corrected chi connectivity index (χ2v) is 7.91. The van der Waals surface area contributed by atoms with Gasteiger partial charge in [0.2, 0.25) is 5.91 Å². The van der Waals surface area contributed by atoms with Crippen LogP contribution in [0.15, 0.2) is 39.2 Å². The number of hydrogen-bond acceptors (Lipinski definition) is 5. The summed E-state index contributed by atoms with van der Waals surface area (Å²) in [5.74, 6) is 0.643. The highest BCUT2D eigenvalue weighted by atomic mass is 32.1. The van der Waals surface area contributed by atoms with Crippen molar-refractivity contribution < 1.29 is 9.53 Å². The van der Waals surface area contributed by atoms with Crippen molar-refractivity contribution in [3.63, 3.8) is 0 Å². The zero-order chi connectivity index (χ0) is 20.4. The zero-order valence-electron chi connectivity index (χ0n) is 16.3. The molecule has 148 valence electrons. The fourth-order valence-corrected chi connectivity index (χ4v) is 4.18. The van der Waals surface area contributed by atoms with Crippen LogP contribution in [0.1, 0.15) is 19.4 Å². The third-order valence-electron chi connectivity index (χ3n) is 4.41. The summed E-state index contributed by atoms with van der Waals surface area (Å²) in [5, 5.41) is 5.20. The first-order valence-electron chi connectivity index (χ1n) is 8.95. The summed E-state index contributed by atoms with van der Waals surface area (Å²) in [4.78, 5) is 38.4. The predicted octanol–water partition coefficient (Wildman–Crippen LogP) is 2.61. The van der Waals surface area contributed by atoms with Gasteiger partial charge < -0.3 is 10.1 Å².